The maximum Gasteiger partial charge on any atom is 0.257 e. The average Bonchev–Trinajstić information content (AvgIpc) is 3.35. The summed E-state index contributed by atoms with van der Waals surface area (Å²) in [5.41, 5.74) is -0.610. The molecule has 0 aliphatic heterocycles. The van der Waals surface area contributed by atoms with Gasteiger partial charge in [0.25, 0.3) is 11.8 Å². The third-order valence-corrected chi connectivity index (χ3v) is 5.14. The van der Waals surface area contributed by atoms with E-state index in [1.165, 1.54) is 18.7 Å². The summed E-state index contributed by atoms with van der Waals surface area (Å²) in [5.74, 6) is -0.355. The Bertz CT molecular complexity index is 893. The molecule has 2 aromatic heterocycles. The van der Waals surface area contributed by atoms with Crippen molar-refractivity contribution in [3.05, 3.63) is 57.9 Å². The zero-order chi connectivity index (χ0) is 20.3. The quantitative estimate of drug-likeness (QED) is 0.799. The number of nitrogens with zero attached hydrogens (tertiary/aromatic N) is 1. The van der Waals surface area contributed by atoms with Gasteiger partial charge in [-0.15, -0.1) is 0 Å². The van der Waals surface area contributed by atoms with E-state index in [9.17, 15) is 14.4 Å². The van der Waals surface area contributed by atoms with E-state index in [4.69, 9.17) is 4.42 Å². The molecule has 0 spiro atoms. The van der Waals surface area contributed by atoms with Gasteiger partial charge in [0.05, 0.1) is 12.3 Å². The summed E-state index contributed by atoms with van der Waals surface area (Å²) in [4.78, 5) is 38.4. The van der Waals surface area contributed by atoms with Crippen LogP contribution in [0.5, 0.6) is 0 Å². The molecule has 28 heavy (non-hydrogen) atoms. The molecule has 0 bridgehead atoms. The van der Waals surface area contributed by atoms with Crippen LogP contribution in [0.3, 0.4) is 0 Å². The number of hydrogen-bond acceptors (Lipinski definition) is 4. The first-order valence-corrected chi connectivity index (χ1v) is 9.77. The SMILES string of the molecule is CC(NC(=O)c1cn(C(C)C)cc(C(=O)NC2CCCC2)c1=O)c1ccco1. The van der Waals surface area contributed by atoms with Crippen LogP contribution in [-0.2, 0) is 0 Å². The molecule has 1 aliphatic carbocycles. The summed E-state index contributed by atoms with van der Waals surface area (Å²) in [6.07, 6.45) is 8.56. The highest BCUT2D eigenvalue weighted by atomic mass is 16.3. The van der Waals surface area contributed by atoms with Gasteiger partial charge in [-0.05, 0) is 45.7 Å². The van der Waals surface area contributed by atoms with Crippen molar-refractivity contribution in [2.24, 2.45) is 0 Å². The molecule has 1 fully saturated rings. The molecule has 3 rings (SSSR count). The van der Waals surface area contributed by atoms with Crippen molar-refractivity contribution in [3.63, 3.8) is 0 Å². The Balaban J connectivity index is 1.89. The lowest BCUT2D eigenvalue weighted by atomic mass is 10.1. The van der Waals surface area contributed by atoms with Gasteiger partial charge in [-0.3, -0.25) is 14.4 Å². The predicted octanol–water partition coefficient (Wildman–Crippen LogP) is 3.19. The van der Waals surface area contributed by atoms with E-state index in [1.54, 1.807) is 23.6 Å². The predicted molar refractivity (Wildman–Crippen MR) is 105 cm³/mol. The molecule has 0 saturated heterocycles. The monoisotopic (exact) mass is 385 g/mol. The first-order valence-electron chi connectivity index (χ1n) is 9.77. The van der Waals surface area contributed by atoms with Gasteiger partial charge >= 0.3 is 0 Å². The Morgan fingerprint density at radius 2 is 1.75 bits per heavy atom. The van der Waals surface area contributed by atoms with Gasteiger partial charge in [-0.1, -0.05) is 12.8 Å². The molecule has 7 heteroatoms. The number of hydrogen-bond donors (Lipinski definition) is 2. The fourth-order valence-electron chi connectivity index (χ4n) is 3.44. The fourth-order valence-corrected chi connectivity index (χ4v) is 3.44. The minimum absolute atomic E-state index is 0.00102. The molecule has 0 aromatic carbocycles. The van der Waals surface area contributed by atoms with Crippen LogP contribution in [0.4, 0.5) is 0 Å². The maximum absolute atomic E-state index is 12.9. The van der Waals surface area contributed by atoms with Gasteiger partial charge in [0.1, 0.15) is 16.9 Å². The molecule has 1 unspecified atom stereocenters. The Morgan fingerprint density at radius 3 is 2.32 bits per heavy atom. The number of furan rings is 1. The van der Waals surface area contributed by atoms with Gasteiger partial charge in [-0.25, -0.2) is 0 Å². The summed E-state index contributed by atoms with van der Waals surface area (Å²) in [7, 11) is 0. The largest absolute Gasteiger partial charge is 0.467 e. The van der Waals surface area contributed by atoms with Crippen LogP contribution in [0.25, 0.3) is 0 Å². The molecule has 7 nitrogen and oxygen atoms in total. The summed E-state index contributed by atoms with van der Waals surface area (Å²) in [6.45, 7) is 5.63. The number of aromatic nitrogens is 1. The molecule has 150 valence electrons. The van der Waals surface area contributed by atoms with Gasteiger partial charge in [-0.2, -0.15) is 0 Å². The van der Waals surface area contributed by atoms with Crippen LogP contribution in [0.1, 0.15) is 85.0 Å². The van der Waals surface area contributed by atoms with Crippen molar-refractivity contribution in [1.82, 2.24) is 15.2 Å². The Labute approximate surface area is 164 Å². The molecule has 2 N–H and O–H groups in total. The van der Waals surface area contributed by atoms with Crippen molar-refractivity contribution in [2.45, 2.75) is 64.6 Å². The van der Waals surface area contributed by atoms with E-state index >= 15 is 0 Å². The van der Waals surface area contributed by atoms with Crippen LogP contribution < -0.4 is 16.1 Å². The number of pyridine rings is 1. The van der Waals surface area contributed by atoms with Crippen LogP contribution in [0.15, 0.2) is 40.0 Å². The lowest BCUT2D eigenvalue weighted by molar-refractivity contribution is 0.0933. The number of carbonyl (C=O) groups is 2. The van der Waals surface area contributed by atoms with Crippen LogP contribution in [0, 0.1) is 0 Å². The zero-order valence-electron chi connectivity index (χ0n) is 16.5. The summed E-state index contributed by atoms with van der Waals surface area (Å²) in [5, 5.41) is 5.70. The third kappa shape index (κ3) is 4.35. The smallest absolute Gasteiger partial charge is 0.257 e. The third-order valence-electron chi connectivity index (χ3n) is 5.14. The van der Waals surface area contributed by atoms with Crippen molar-refractivity contribution in [1.29, 1.82) is 0 Å². The molecule has 1 aliphatic rings. The molecular formula is C21H27N3O4. The van der Waals surface area contributed by atoms with Crippen molar-refractivity contribution < 1.29 is 14.0 Å². The minimum atomic E-state index is -0.559. The zero-order valence-corrected chi connectivity index (χ0v) is 16.5. The van der Waals surface area contributed by atoms with E-state index in [0.717, 1.165) is 25.7 Å². The van der Waals surface area contributed by atoms with E-state index in [-0.39, 0.29) is 23.2 Å². The fraction of sp³-hybridized carbons (Fsp3) is 0.476. The second kappa shape index (κ2) is 8.46. The highest BCUT2D eigenvalue weighted by Gasteiger charge is 2.24. The first-order chi connectivity index (χ1) is 13.4. The molecule has 2 aromatic rings. The van der Waals surface area contributed by atoms with E-state index in [1.807, 2.05) is 13.8 Å². The molecule has 1 atom stereocenters. The molecular weight excluding hydrogens is 358 g/mol. The minimum Gasteiger partial charge on any atom is -0.467 e. The van der Waals surface area contributed by atoms with E-state index in [2.05, 4.69) is 10.6 Å². The van der Waals surface area contributed by atoms with Crippen molar-refractivity contribution in [3.8, 4) is 0 Å². The second-order valence-electron chi connectivity index (χ2n) is 7.62. The summed E-state index contributed by atoms with van der Waals surface area (Å²) < 4.78 is 7.02. The number of nitrogens with one attached hydrogen (secondary N) is 2. The maximum atomic E-state index is 12.9. The highest BCUT2D eigenvalue weighted by molar-refractivity contribution is 5.99. The highest BCUT2D eigenvalue weighted by Crippen LogP contribution is 2.18. The van der Waals surface area contributed by atoms with E-state index < -0.39 is 23.3 Å². The lowest BCUT2D eigenvalue weighted by Gasteiger charge is -2.17. The normalized spacial score (nSPS) is 15.6. The van der Waals surface area contributed by atoms with Crippen molar-refractivity contribution in [2.75, 3.05) is 0 Å². The topological polar surface area (TPSA) is 93.3 Å². The molecule has 2 heterocycles. The molecule has 1 saturated carbocycles. The molecule has 0 radical (unpaired) electrons. The molecule has 2 amide bonds. The van der Waals surface area contributed by atoms with Gasteiger partial charge in [0, 0.05) is 24.5 Å². The lowest BCUT2D eigenvalue weighted by Crippen LogP contribution is -2.39. The number of amides is 2. The summed E-state index contributed by atoms with van der Waals surface area (Å²) in [6, 6.07) is 3.18. The van der Waals surface area contributed by atoms with E-state index in [0.29, 0.717) is 5.76 Å². The Hall–Kier alpha value is -2.83. The summed E-state index contributed by atoms with van der Waals surface area (Å²) >= 11 is 0. The standard InChI is InChI=1S/C21H27N3O4/c1-13(2)24-11-16(20(26)22-14(3)18-9-6-10-28-18)19(25)17(12-24)21(27)23-15-7-4-5-8-15/h6,9-15H,4-5,7-8H2,1-3H3,(H,22,26)(H,23,27). The van der Waals surface area contributed by atoms with Gasteiger partial charge < -0.3 is 19.6 Å². The number of carbonyl (C=O) groups excluding carboxylic acids is 2. The Morgan fingerprint density at radius 1 is 1.11 bits per heavy atom. The second-order valence-corrected chi connectivity index (χ2v) is 7.62. The van der Waals surface area contributed by atoms with Gasteiger partial charge in [0.15, 0.2) is 0 Å². The first kappa shape index (κ1) is 19.9. The Kier molecular flexibility index (Phi) is 6.02. The van der Waals surface area contributed by atoms with Crippen LogP contribution in [-0.4, -0.2) is 22.4 Å². The van der Waals surface area contributed by atoms with Crippen LogP contribution >= 0.6 is 0 Å². The van der Waals surface area contributed by atoms with Gasteiger partial charge in [0.2, 0.25) is 5.43 Å². The van der Waals surface area contributed by atoms with Crippen LogP contribution in [0.2, 0.25) is 0 Å². The van der Waals surface area contributed by atoms with Crippen molar-refractivity contribution >= 4 is 11.8 Å². The average molecular weight is 385 g/mol. The number of rotatable bonds is 6.